The van der Waals surface area contributed by atoms with E-state index in [1.54, 1.807) is 43.2 Å². The van der Waals surface area contributed by atoms with Gasteiger partial charge in [0.05, 0.1) is 18.5 Å². The molecule has 0 radical (unpaired) electrons. The highest BCUT2D eigenvalue weighted by molar-refractivity contribution is 6.23. The van der Waals surface area contributed by atoms with E-state index in [1.807, 2.05) is 18.2 Å². The van der Waals surface area contributed by atoms with Crippen LogP contribution in [0.2, 0.25) is 0 Å². The maximum atomic E-state index is 13.8. The quantitative estimate of drug-likeness (QED) is 0.430. The molecular weight excluding hydrogens is 432 g/mol. The Morgan fingerprint density at radius 3 is 2.65 bits per heavy atom. The molecule has 4 amide bonds. The highest BCUT2D eigenvalue weighted by Gasteiger charge is 2.59. The number of carbonyl (C=O) groups excluding carboxylic acids is 3. The van der Waals surface area contributed by atoms with Crippen LogP contribution in [0, 0.1) is 0 Å². The molecule has 34 heavy (non-hydrogen) atoms. The first kappa shape index (κ1) is 22.0. The number of aromatic amines is 1. The van der Waals surface area contributed by atoms with Crippen molar-refractivity contribution in [2.45, 2.75) is 38.6 Å². The van der Waals surface area contributed by atoms with Gasteiger partial charge in [0.15, 0.2) is 5.54 Å². The Balaban J connectivity index is 1.48. The van der Waals surface area contributed by atoms with E-state index in [2.05, 4.69) is 17.2 Å². The van der Waals surface area contributed by atoms with Crippen LogP contribution < -0.4 is 15.0 Å². The van der Waals surface area contributed by atoms with Crippen molar-refractivity contribution in [3.8, 4) is 5.75 Å². The predicted molar refractivity (Wildman–Crippen MR) is 129 cm³/mol. The molecule has 0 spiro atoms. The molecular formula is C26H28N4O4. The Kier molecular flexibility index (Phi) is 5.31. The van der Waals surface area contributed by atoms with Crippen LogP contribution in [0.5, 0.6) is 5.75 Å². The zero-order valence-corrected chi connectivity index (χ0v) is 19.6. The largest absolute Gasteiger partial charge is 0.497 e. The van der Waals surface area contributed by atoms with E-state index >= 15 is 0 Å². The number of imide groups is 1. The molecule has 2 aliphatic heterocycles. The van der Waals surface area contributed by atoms with E-state index < -0.39 is 5.54 Å². The van der Waals surface area contributed by atoms with Gasteiger partial charge in [0.2, 0.25) is 0 Å². The van der Waals surface area contributed by atoms with Crippen LogP contribution in [-0.4, -0.2) is 47.9 Å². The number of urea groups is 1. The molecule has 5 rings (SSSR count). The highest BCUT2D eigenvalue weighted by atomic mass is 16.5. The Morgan fingerprint density at radius 1 is 1.18 bits per heavy atom. The van der Waals surface area contributed by atoms with Gasteiger partial charge in [0, 0.05) is 29.6 Å². The van der Waals surface area contributed by atoms with Gasteiger partial charge >= 0.3 is 6.03 Å². The number of ether oxygens (including phenoxy) is 1. The first-order valence-corrected chi connectivity index (χ1v) is 11.6. The Labute approximate surface area is 197 Å². The summed E-state index contributed by atoms with van der Waals surface area (Å²) in [7, 11) is 1.63. The molecule has 0 aliphatic carbocycles. The number of benzene rings is 2. The van der Waals surface area contributed by atoms with Crippen LogP contribution in [-0.2, 0) is 16.8 Å². The number of rotatable bonds is 6. The predicted octanol–water partition coefficient (Wildman–Crippen LogP) is 3.95. The number of hydrogen-bond acceptors (Lipinski definition) is 4. The standard InChI is InChI=1S/C26H28N4O4/c1-4-5-13-27-23(31)16-6-8-17(9-7-16)30-24(32)26(2)22-19(12-14-29(26)25(30)33)20-15-18(34-3)10-11-21(20)28-22/h6-11,15,28H,4-5,12-14H2,1-3H3,(H,27,31)/t26-/m0/s1. The van der Waals surface area contributed by atoms with Gasteiger partial charge in [-0.2, -0.15) is 0 Å². The van der Waals surface area contributed by atoms with E-state index in [0.717, 1.165) is 40.8 Å². The smallest absolute Gasteiger partial charge is 0.332 e. The molecule has 1 fully saturated rings. The second-order valence-electron chi connectivity index (χ2n) is 8.94. The van der Waals surface area contributed by atoms with Crippen LogP contribution in [0.3, 0.4) is 0 Å². The summed E-state index contributed by atoms with van der Waals surface area (Å²) < 4.78 is 5.38. The second-order valence-corrected chi connectivity index (χ2v) is 8.94. The van der Waals surface area contributed by atoms with Gasteiger partial charge in [-0.1, -0.05) is 13.3 Å². The van der Waals surface area contributed by atoms with Gasteiger partial charge in [0.1, 0.15) is 5.75 Å². The van der Waals surface area contributed by atoms with Crippen molar-refractivity contribution in [2.75, 3.05) is 25.1 Å². The van der Waals surface area contributed by atoms with E-state index in [0.29, 0.717) is 30.8 Å². The van der Waals surface area contributed by atoms with Crippen molar-refractivity contribution in [3.63, 3.8) is 0 Å². The third kappa shape index (κ3) is 3.16. The minimum absolute atomic E-state index is 0.165. The average Bonchev–Trinajstić information content (AvgIpc) is 3.32. The zero-order valence-electron chi connectivity index (χ0n) is 19.6. The van der Waals surface area contributed by atoms with Crippen LogP contribution in [0.1, 0.15) is 48.3 Å². The van der Waals surface area contributed by atoms with Gasteiger partial charge in [-0.05, 0) is 67.8 Å². The van der Waals surface area contributed by atoms with Crippen LogP contribution >= 0.6 is 0 Å². The number of fused-ring (bicyclic) bond motifs is 5. The Morgan fingerprint density at radius 2 is 1.94 bits per heavy atom. The number of hydrogen-bond donors (Lipinski definition) is 2. The van der Waals surface area contributed by atoms with Gasteiger partial charge in [0.25, 0.3) is 11.8 Å². The van der Waals surface area contributed by atoms with Crippen molar-refractivity contribution in [1.82, 2.24) is 15.2 Å². The summed E-state index contributed by atoms with van der Waals surface area (Å²) in [6.45, 7) is 4.92. The zero-order chi connectivity index (χ0) is 24.0. The van der Waals surface area contributed by atoms with Gasteiger partial charge in [-0.15, -0.1) is 0 Å². The maximum Gasteiger partial charge on any atom is 0.332 e. The molecule has 3 heterocycles. The molecule has 2 aromatic carbocycles. The monoisotopic (exact) mass is 460 g/mol. The Bertz CT molecular complexity index is 1300. The lowest BCUT2D eigenvalue weighted by atomic mass is 9.87. The lowest BCUT2D eigenvalue weighted by Gasteiger charge is -2.35. The number of aromatic nitrogens is 1. The lowest BCUT2D eigenvalue weighted by molar-refractivity contribution is -0.125. The van der Waals surface area contributed by atoms with E-state index in [9.17, 15) is 14.4 Å². The topological polar surface area (TPSA) is 94.7 Å². The summed E-state index contributed by atoms with van der Waals surface area (Å²) in [6, 6.07) is 12.0. The minimum Gasteiger partial charge on any atom is -0.497 e. The summed E-state index contributed by atoms with van der Waals surface area (Å²) in [5.41, 5.74) is 2.51. The molecule has 1 atom stereocenters. The first-order chi connectivity index (χ1) is 16.4. The number of methoxy groups -OCH3 is 1. The third-order valence-electron chi connectivity index (χ3n) is 6.97. The maximum absolute atomic E-state index is 13.8. The normalized spacial score (nSPS) is 19.4. The third-order valence-corrected chi connectivity index (χ3v) is 6.97. The molecule has 1 aromatic heterocycles. The summed E-state index contributed by atoms with van der Waals surface area (Å²) in [4.78, 5) is 45.7. The van der Waals surface area contributed by atoms with E-state index in [4.69, 9.17) is 4.74 Å². The van der Waals surface area contributed by atoms with Crippen LogP contribution in [0.15, 0.2) is 42.5 Å². The van der Waals surface area contributed by atoms with Gasteiger partial charge in [-0.25, -0.2) is 9.69 Å². The van der Waals surface area contributed by atoms with Gasteiger partial charge < -0.3 is 19.9 Å². The van der Waals surface area contributed by atoms with E-state index in [1.165, 1.54) is 4.90 Å². The molecule has 8 nitrogen and oxygen atoms in total. The fraction of sp³-hybridized carbons (Fsp3) is 0.346. The molecule has 2 N–H and O–H groups in total. The number of anilines is 1. The molecule has 8 heteroatoms. The van der Waals surface area contributed by atoms with Crippen molar-refractivity contribution >= 4 is 34.4 Å². The van der Waals surface area contributed by atoms with Crippen molar-refractivity contribution < 1.29 is 19.1 Å². The number of amides is 4. The number of unbranched alkanes of at least 4 members (excludes halogenated alkanes) is 1. The van der Waals surface area contributed by atoms with Gasteiger partial charge in [-0.3, -0.25) is 9.59 Å². The lowest BCUT2D eigenvalue weighted by Crippen LogP contribution is -2.49. The summed E-state index contributed by atoms with van der Waals surface area (Å²) >= 11 is 0. The van der Waals surface area contributed by atoms with Crippen molar-refractivity contribution in [3.05, 3.63) is 59.3 Å². The SMILES string of the molecule is CCCCNC(=O)c1ccc(N2C(=O)N3CCc4c([nH]c5ccc(OC)cc45)[C@@]3(C)C2=O)cc1. The number of H-pyrrole nitrogens is 1. The fourth-order valence-electron chi connectivity index (χ4n) is 5.02. The fourth-order valence-corrected chi connectivity index (χ4v) is 5.02. The average molecular weight is 461 g/mol. The minimum atomic E-state index is -1.13. The first-order valence-electron chi connectivity index (χ1n) is 11.6. The van der Waals surface area contributed by atoms with Crippen LogP contribution in [0.25, 0.3) is 10.9 Å². The molecule has 0 saturated carbocycles. The molecule has 176 valence electrons. The van der Waals surface area contributed by atoms with Crippen molar-refractivity contribution in [1.29, 1.82) is 0 Å². The summed E-state index contributed by atoms with van der Waals surface area (Å²) in [5.74, 6) is 0.273. The molecule has 3 aromatic rings. The molecule has 1 saturated heterocycles. The summed E-state index contributed by atoms with van der Waals surface area (Å²) in [5, 5.41) is 3.88. The molecule has 0 unspecified atom stereocenters. The van der Waals surface area contributed by atoms with Crippen molar-refractivity contribution in [2.24, 2.45) is 0 Å². The molecule has 0 bridgehead atoms. The highest BCUT2D eigenvalue weighted by Crippen LogP contribution is 2.45. The second kappa shape index (κ2) is 8.20. The van der Waals surface area contributed by atoms with Crippen LogP contribution in [0.4, 0.5) is 10.5 Å². The summed E-state index contributed by atoms with van der Waals surface area (Å²) in [6.07, 6.45) is 2.55. The number of nitrogens with one attached hydrogen (secondary N) is 2. The van der Waals surface area contributed by atoms with E-state index in [-0.39, 0.29) is 17.8 Å². The number of nitrogens with zero attached hydrogens (tertiary/aromatic N) is 2. The Hall–Kier alpha value is -3.81. The number of carbonyl (C=O) groups is 3. The molecule has 2 aliphatic rings.